The van der Waals surface area contributed by atoms with Crippen molar-refractivity contribution in [2.75, 3.05) is 6.61 Å². The lowest BCUT2D eigenvalue weighted by Gasteiger charge is -2.16. The number of carbonyl (C=O) groups is 1. The summed E-state index contributed by atoms with van der Waals surface area (Å²) in [5, 5.41) is 0. The third-order valence-electron chi connectivity index (χ3n) is 1.96. The number of ether oxygens (including phenoxy) is 1. The van der Waals surface area contributed by atoms with Gasteiger partial charge in [-0.25, -0.2) is 0 Å². The highest BCUT2D eigenvalue weighted by molar-refractivity contribution is 5.65. The lowest BCUT2D eigenvalue weighted by atomic mass is 9.96. The third-order valence-corrected chi connectivity index (χ3v) is 1.96. The van der Waals surface area contributed by atoms with Gasteiger partial charge >= 0.3 is 5.97 Å². The van der Waals surface area contributed by atoms with Crippen molar-refractivity contribution in [2.45, 2.75) is 27.7 Å². The minimum atomic E-state index is -0.223. The van der Waals surface area contributed by atoms with Crippen LogP contribution in [0, 0.1) is 11.8 Å². The van der Waals surface area contributed by atoms with Crippen LogP contribution in [0.15, 0.2) is 24.3 Å². The molecule has 0 bridgehead atoms. The fraction of sp³-hybridized carbons (Fsp3) is 0.583. The van der Waals surface area contributed by atoms with Gasteiger partial charge in [0.2, 0.25) is 0 Å². The summed E-state index contributed by atoms with van der Waals surface area (Å²) in [6.07, 6.45) is 4.02. The van der Waals surface area contributed by atoms with Crippen molar-refractivity contribution >= 4 is 5.97 Å². The minimum Gasteiger partial charge on any atom is -0.465 e. The Kier molecular flexibility index (Phi) is 5.93. The first-order valence-corrected chi connectivity index (χ1v) is 4.90. The summed E-state index contributed by atoms with van der Waals surface area (Å²) >= 11 is 0. The zero-order valence-electron chi connectivity index (χ0n) is 9.54. The molecule has 0 radical (unpaired) electrons. The van der Waals surface area contributed by atoms with Gasteiger partial charge in [-0.1, -0.05) is 38.2 Å². The van der Waals surface area contributed by atoms with E-state index in [1.54, 1.807) is 0 Å². The number of carbonyl (C=O) groups excluding carboxylic acids is 1. The molecule has 1 unspecified atom stereocenters. The van der Waals surface area contributed by atoms with Gasteiger partial charge in [0.15, 0.2) is 0 Å². The molecule has 14 heavy (non-hydrogen) atoms. The Labute approximate surface area is 86.6 Å². The Morgan fingerprint density at radius 2 is 2.00 bits per heavy atom. The molecule has 0 aliphatic carbocycles. The maximum absolute atomic E-state index is 10.6. The molecule has 0 heterocycles. The van der Waals surface area contributed by atoms with Crippen molar-refractivity contribution in [1.29, 1.82) is 0 Å². The van der Waals surface area contributed by atoms with Crippen LogP contribution in [0.1, 0.15) is 27.7 Å². The fourth-order valence-electron chi connectivity index (χ4n) is 0.972. The van der Waals surface area contributed by atoms with Crippen LogP contribution in [0.25, 0.3) is 0 Å². The van der Waals surface area contributed by atoms with E-state index in [0.29, 0.717) is 12.5 Å². The Balaban J connectivity index is 4.16. The van der Waals surface area contributed by atoms with E-state index in [2.05, 4.69) is 26.5 Å². The molecule has 2 heteroatoms. The number of hydrogen-bond acceptors (Lipinski definition) is 2. The van der Waals surface area contributed by atoms with Crippen LogP contribution in [0.3, 0.4) is 0 Å². The lowest BCUT2D eigenvalue weighted by molar-refractivity contribution is -0.142. The summed E-state index contributed by atoms with van der Waals surface area (Å²) in [5.74, 6) is 0.514. The topological polar surface area (TPSA) is 26.3 Å². The average molecular weight is 196 g/mol. The molecule has 0 saturated heterocycles. The second-order valence-electron chi connectivity index (χ2n) is 3.92. The molecule has 0 N–H and O–H groups in total. The lowest BCUT2D eigenvalue weighted by Crippen LogP contribution is -2.15. The van der Waals surface area contributed by atoms with Crippen LogP contribution in [0.2, 0.25) is 0 Å². The molecule has 0 rings (SSSR count). The van der Waals surface area contributed by atoms with Gasteiger partial charge in [0.05, 0.1) is 6.61 Å². The summed E-state index contributed by atoms with van der Waals surface area (Å²) < 4.78 is 4.98. The summed E-state index contributed by atoms with van der Waals surface area (Å²) in [6, 6.07) is 0. The zero-order chi connectivity index (χ0) is 11.1. The molecule has 80 valence electrons. The van der Waals surface area contributed by atoms with Gasteiger partial charge in [0.1, 0.15) is 0 Å². The van der Waals surface area contributed by atoms with E-state index in [9.17, 15) is 4.79 Å². The second kappa shape index (κ2) is 6.41. The number of hydrogen-bond donors (Lipinski definition) is 0. The second-order valence-corrected chi connectivity index (χ2v) is 3.92. The highest BCUT2D eigenvalue weighted by atomic mass is 16.5. The van der Waals surface area contributed by atoms with Crippen LogP contribution in [0.5, 0.6) is 0 Å². The molecule has 0 amide bonds. The SMILES string of the molecule is C=C(C)C=CC(COC(C)=O)C(C)C. The van der Waals surface area contributed by atoms with Gasteiger partial charge in [-0.05, 0) is 12.8 Å². The van der Waals surface area contributed by atoms with Gasteiger partial charge in [-0.3, -0.25) is 4.79 Å². The van der Waals surface area contributed by atoms with Crippen LogP contribution >= 0.6 is 0 Å². The maximum Gasteiger partial charge on any atom is 0.302 e. The van der Waals surface area contributed by atoms with E-state index in [1.165, 1.54) is 6.92 Å². The predicted molar refractivity (Wildman–Crippen MR) is 58.9 cm³/mol. The summed E-state index contributed by atoms with van der Waals surface area (Å²) in [4.78, 5) is 10.6. The number of allylic oxidation sites excluding steroid dienone is 2. The van der Waals surface area contributed by atoms with Crippen molar-refractivity contribution in [3.63, 3.8) is 0 Å². The van der Waals surface area contributed by atoms with Crippen molar-refractivity contribution in [1.82, 2.24) is 0 Å². The van der Waals surface area contributed by atoms with Gasteiger partial charge < -0.3 is 4.74 Å². The van der Waals surface area contributed by atoms with Crippen molar-refractivity contribution < 1.29 is 9.53 Å². The van der Waals surface area contributed by atoms with Gasteiger partial charge in [0, 0.05) is 12.8 Å². The monoisotopic (exact) mass is 196 g/mol. The molecular formula is C12H20O2. The van der Waals surface area contributed by atoms with Crippen LogP contribution < -0.4 is 0 Å². The van der Waals surface area contributed by atoms with E-state index >= 15 is 0 Å². The summed E-state index contributed by atoms with van der Waals surface area (Å²) in [7, 11) is 0. The van der Waals surface area contributed by atoms with Crippen LogP contribution in [-0.2, 0) is 9.53 Å². The van der Waals surface area contributed by atoms with Crippen LogP contribution in [0.4, 0.5) is 0 Å². The first-order chi connectivity index (χ1) is 6.43. The van der Waals surface area contributed by atoms with Crippen molar-refractivity contribution in [3.05, 3.63) is 24.3 Å². The van der Waals surface area contributed by atoms with Crippen molar-refractivity contribution in [3.8, 4) is 0 Å². The minimum absolute atomic E-state index is 0.223. The standard InChI is InChI=1S/C12H20O2/c1-9(2)6-7-12(10(3)4)8-14-11(5)13/h6-7,10,12H,1,8H2,2-5H3. The molecule has 0 aromatic heterocycles. The Hall–Kier alpha value is -1.05. The molecule has 0 spiro atoms. The Morgan fingerprint density at radius 1 is 1.43 bits per heavy atom. The molecular weight excluding hydrogens is 176 g/mol. The highest BCUT2D eigenvalue weighted by Crippen LogP contribution is 2.13. The maximum atomic E-state index is 10.6. The Morgan fingerprint density at radius 3 is 2.36 bits per heavy atom. The third kappa shape index (κ3) is 6.46. The van der Waals surface area contributed by atoms with Crippen LogP contribution in [-0.4, -0.2) is 12.6 Å². The quantitative estimate of drug-likeness (QED) is 0.499. The zero-order valence-corrected chi connectivity index (χ0v) is 9.54. The molecule has 0 saturated carbocycles. The van der Waals surface area contributed by atoms with E-state index in [-0.39, 0.29) is 11.9 Å². The van der Waals surface area contributed by atoms with E-state index in [1.807, 2.05) is 13.0 Å². The highest BCUT2D eigenvalue weighted by Gasteiger charge is 2.11. The molecule has 0 fully saturated rings. The predicted octanol–water partition coefficient (Wildman–Crippen LogP) is 2.95. The fourth-order valence-corrected chi connectivity index (χ4v) is 0.972. The normalized spacial score (nSPS) is 13.2. The van der Waals surface area contributed by atoms with E-state index in [0.717, 1.165) is 5.57 Å². The first-order valence-electron chi connectivity index (χ1n) is 4.90. The first kappa shape index (κ1) is 12.9. The van der Waals surface area contributed by atoms with Crippen molar-refractivity contribution in [2.24, 2.45) is 11.8 Å². The number of rotatable bonds is 5. The molecule has 0 aliphatic heterocycles. The van der Waals surface area contributed by atoms with Gasteiger partial charge in [-0.2, -0.15) is 0 Å². The molecule has 0 aromatic rings. The molecule has 0 aliphatic rings. The van der Waals surface area contributed by atoms with Gasteiger partial charge in [-0.15, -0.1) is 0 Å². The Bertz CT molecular complexity index is 226. The molecule has 0 aromatic carbocycles. The van der Waals surface area contributed by atoms with E-state index in [4.69, 9.17) is 4.74 Å². The smallest absolute Gasteiger partial charge is 0.302 e. The summed E-state index contributed by atoms with van der Waals surface area (Å²) in [5.41, 5.74) is 1.01. The molecule has 2 nitrogen and oxygen atoms in total. The van der Waals surface area contributed by atoms with Gasteiger partial charge in [0.25, 0.3) is 0 Å². The average Bonchev–Trinajstić information content (AvgIpc) is 2.02. The molecule has 1 atom stereocenters. The van der Waals surface area contributed by atoms with E-state index < -0.39 is 0 Å². The number of esters is 1. The summed E-state index contributed by atoms with van der Waals surface area (Å²) in [6.45, 7) is 11.8. The largest absolute Gasteiger partial charge is 0.465 e.